The zero-order valence-corrected chi connectivity index (χ0v) is 12.7. The van der Waals surface area contributed by atoms with Crippen LogP contribution in [0.4, 0.5) is 0 Å². The number of hydrogen-bond acceptors (Lipinski definition) is 4. The van der Waals surface area contributed by atoms with E-state index < -0.39 is 0 Å². The number of rotatable bonds is 7. The van der Waals surface area contributed by atoms with E-state index in [2.05, 4.69) is 40.9 Å². The van der Waals surface area contributed by atoms with Crippen molar-refractivity contribution in [3.63, 3.8) is 0 Å². The summed E-state index contributed by atoms with van der Waals surface area (Å²) < 4.78 is 0. The van der Waals surface area contributed by atoms with Crippen LogP contribution in [-0.2, 0) is 0 Å². The van der Waals surface area contributed by atoms with E-state index in [4.69, 9.17) is 5.11 Å². The van der Waals surface area contributed by atoms with Gasteiger partial charge >= 0.3 is 0 Å². The SMILES string of the molecule is CCCN(CC)CCNC(=O)c1ncccc1C#CCO. The summed E-state index contributed by atoms with van der Waals surface area (Å²) in [6.45, 7) is 7.42. The first-order chi connectivity index (χ1) is 10.2. The van der Waals surface area contributed by atoms with Gasteiger partial charge in [0.1, 0.15) is 12.3 Å². The lowest BCUT2D eigenvalue weighted by Crippen LogP contribution is -2.35. The summed E-state index contributed by atoms with van der Waals surface area (Å²) in [6.07, 6.45) is 2.66. The van der Waals surface area contributed by atoms with Crippen molar-refractivity contribution in [2.75, 3.05) is 32.8 Å². The Hall–Kier alpha value is -1.90. The normalized spacial score (nSPS) is 10.1. The Bertz CT molecular complexity index is 506. The van der Waals surface area contributed by atoms with E-state index in [0.717, 1.165) is 26.1 Å². The topological polar surface area (TPSA) is 65.5 Å². The van der Waals surface area contributed by atoms with Gasteiger partial charge in [0.05, 0.1) is 5.56 Å². The molecule has 5 heteroatoms. The fourth-order valence-corrected chi connectivity index (χ4v) is 1.98. The Morgan fingerprint density at radius 3 is 2.90 bits per heavy atom. The van der Waals surface area contributed by atoms with Crippen molar-refractivity contribution in [1.82, 2.24) is 15.2 Å². The first kappa shape index (κ1) is 17.2. The molecule has 1 aromatic rings. The Balaban J connectivity index is 2.60. The molecule has 1 rings (SSSR count). The lowest BCUT2D eigenvalue weighted by atomic mass is 10.2. The molecular weight excluding hydrogens is 266 g/mol. The number of amides is 1. The number of aliphatic hydroxyl groups is 1. The lowest BCUT2D eigenvalue weighted by molar-refractivity contribution is 0.0943. The maximum absolute atomic E-state index is 12.1. The van der Waals surface area contributed by atoms with Crippen LogP contribution >= 0.6 is 0 Å². The summed E-state index contributed by atoms with van der Waals surface area (Å²) in [7, 11) is 0. The number of carbonyl (C=O) groups is 1. The van der Waals surface area contributed by atoms with E-state index in [9.17, 15) is 4.79 Å². The Kier molecular flexibility index (Phi) is 8.10. The molecule has 0 spiro atoms. The minimum absolute atomic E-state index is 0.231. The minimum atomic E-state index is -0.238. The summed E-state index contributed by atoms with van der Waals surface area (Å²) in [5.41, 5.74) is 0.835. The second kappa shape index (κ2) is 9.92. The van der Waals surface area contributed by atoms with Crippen LogP contribution < -0.4 is 5.32 Å². The predicted molar refractivity (Wildman–Crippen MR) is 82.9 cm³/mol. The number of pyridine rings is 1. The van der Waals surface area contributed by atoms with Crippen LogP contribution in [0, 0.1) is 11.8 Å². The monoisotopic (exact) mass is 289 g/mol. The molecule has 0 aliphatic carbocycles. The molecule has 2 N–H and O–H groups in total. The molecule has 0 unspecified atom stereocenters. The zero-order valence-electron chi connectivity index (χ0n) is 12.7. The highest BCUT2D eigenvalue weighted by molar-refractivity contribution is 5.94. The third-order valence-corrected chi connectivity index (χ3v) is 3.03. The van der Waals surface area contributed by atoms with Crippen molar-refractivity contribution in [3.05, 3.63) is 29.6 Å². The van der Waals surface area contributed by atoms with E-state index >= 15 is 0 Å². The molecule has 1 heterocycles. The van der Waals surface area contributed by atoms with Crippen LogP contribution in [0.15, 0.2) is 18.3 Å². The first-order valence-corrected chi connectivity index (χ1v) is 7.28. The minimum Gasteiger partial charge on any atom is -0.384 e. The largest absolute Gasteiger partial charge is 0.384 e. The van der Waals surface area contributed by atoms with Gasteiger partial charge in [-0.15, -0.1) is 0 Å². The first-order valence-electron chi connectivity index (χ1n) is 7.28. The fourth-order valence-electron chi connectivity index (χ4n) is 1.98. The van der Waals surface area contributed by atoms with Gasteiger partial charge in [-0.05, 0) is 31.6 Å². The van der Waals surface area contributed by atoms with Gasteiger partial charge in [0.25, 0.3) is 5.91 Å². The molecule has 114 valence electrons. The molecule has 1 amide bonds. The number of aromatic nitrogens is 1. The number of nitrogens with one attached hydrogen (secondary N) is 1. The van der Waals surface area contributed by atoms with Crippen molar-refractivity contribution < 1.29 is 9.90 Å². The Morgan fingerprint density at radius 2 is 2.24 bits per heavy atom. The van der Waals surface area contributed by atoms with E-state index in [0.29, 0.717) is 17.8 Å². The average molecular weight is 289 g/mol. The third-order valence-electron chi connectivity index (χ3n) is 3.03. The molecule has 1 aromatic heterocycles. The number of aliphatic hydroxyl groups excluding tert-OH is 1. The van der Waals surface area contributed by atoms with Gasteiger partial charge in [0, 0.05) is 19.3 Å². The van der Waals surface area contributed by atoms with Crippen LogP contribution in [0.1, 0.15) is 36.3 Å². The number of carbonyl (C=O) groups excluding carboxylic acids is 1. The van der Waals surface area contributed by atoms with Gasteiger partial charge in [0.2, 0.25) is 0 Å². The third kappa shape index (κ3) is 5.94. The molecule has 0 fully saturated rings. The van der Waals surface area contributed by atoms with Crippen LogP contribution in [0.25, 0.3) is 0 Å². The predicted octanol–water partition coefficient (Wildman–Crippen LogP) is 0.887. The molecule has 0 atom stereocenters. The van der Waals surface area contributed by atoms with Gasteiger partial charge in [-0.3, -0.25) is 4.79 Å². The maximum Gasteiger partial charge on any atom is 0.271 e. The van der Waals surface area contributed by atoms with Crippen molar-refractivity contribution in [2.45, 2.75) is 20.3 Å². The number of likely N-dealkylation sites (N-methyl/N-ethyl adjacent to an activating group) is 1. The molecule has 0 saturated heterocycles. The molecule has 0 bridgehead atoms. The standard InChI is InChI=1S/C16H23N3O2/c1-3-11-19(4-2)12-10-18-16(21)15-14(8-6-13-20)7-5-9-17-15/h5,7,9,20H,3-4,10-13H2,1-2H3,(H,18,21). The van der Waals surface area contributed by atoms with Crippen LogP contribution in [0.5, 0.6) is 0 Å². The summed E-state index contributed by atoms with van der Waals surface area (Å²) in [5.74, 6) is 5.05. The van der Waals surface area contributed by atoms with Crippen molar-refractivity contribution in [2.24, 2.45) is 0 Å². The highest BCUT2D eigenvalue weighted by atomic mass is 16.2. The second-order valence-corrected chi connectivity index (χ2v) is 4.55. The van der Waals surface area contributed by atoms with Gasteiger partial charge in [0.15, 0.2) is 0 Å². The molecular formula is C16H23N3O2. The lowest BCUT2D eigenvalue weighted by Gasteiger charge is -2.19. The van der Waals surface area contributed by atoms with Crippen molar-refractivity contribution in [1.29, 1.82) is 0 Å². The number of hydrogen-bond donors (Lipinski definition) is 2. The molecule has 5 nitrogen and oxygen atoms in total. The van der Waals surface area contributed by atoms with Crippen LogP contribution in [0.3, 0.4) is 0 Å². The quantitative estimate of drug-likeness (QED) is 0.732. The van der Waals surface area contributed by atoms with Gasteiger partial charge in [-0.2, -0.15) is 0 Å². The smallest absolute Gasteiger partial charge is 0.271 e. The van der Waals surface area contributed by atoms with E-state index in [1.807, 2.05) is 0 Å². The average Bonchev–Trinajstić information content (AvgIpc) is 2.52. The van der Waals surface area contributed by atoms with Crippen molar-refractivity contribution in [3.8, 4) is 11.8 Å². The molecule has 0 aliphatic rings. The van der Waals surface area contributed by atoms with E-state index in [1.54, 1.807) is 18.3 Å². The highest BCUT2D eigenvalue weighted by Crippen LogP contribution is 2.03. The summed E-state index contributed by atoms with van der Waals surface area (Å²) in [4.78, 5) is 18.5. The Labute approximate surface area is 126 Å². The molecule has 0 saturated carbocycles. The van der Waals surface area contributed by atoms with Gasteiger partial charge in [-0.25, -0.2) is 4.98 Å². The highest BCUT2D eigenvalue weighted by Gasteiger charge is 2.11. The molecule has 0 aliphatic heterocycles. The van der Waals surface area contributed by atoms with E-state index in [-0.39, 0.29) is 12.5 Å². The molecule has 0 radical (unpaired) electrons. The van der Waals surface area contributed by atoms with Gasteiger partial charge in [-0.1, -0.05) is 25.7 Å². The van der Waals surface area contributed by atoms with Crippen LogP contribution in [-0.4, -0.2) is 53.7 Å². The Morgan fingerprint density at radius 1 is 1.43 bits per heavy atom. The van der Waals surface area contributed by atoms with E-state index in [1.165, 1.54) is 0 Å². The summed E-state index contributed by atoms with van der Waals surface area (Å²) in [5, 5.41) is 11.6. The summed E-state index contributed by atoms with van der Waals surface area (Å²) >= 11 is 0. The van der Waals surface area contributed by atoms with Crippen molar-refractivity contribution >= 4 is 5.91 Å². The fraction of sp³-hybridized carbons (Fsp3) is 0.500. The summed E-state index contributed by atoms with van der Waals surface area (Å²) in [6, 6.07) is 3.44. The number of nitrogens with zero attached hydrogens (tertiary/aromatic N) is 2. The zero-order chi connectivity index (χ0) is 15.5. The second-order valence-electron chi connectivity index (χ2n) is 4.55. The maximum atomic E-state index is 12.1. The molecule has 0 aromatic carbocycles. The van der Waals surface area contributed by atoms with Crippen LogP contribution in [0.2, 0.25) is 0 Å². The van der Waals surface area contributed by atoms with Gasteiger partial charge < -0.3 is 15.3 Å². The molecule has 21 heavy (non-hydrogen) atoms.